The fourth-order valence-corrected chi connectivity index (χ4v) is 3.75. The van der Waals surface area contributed by atoms with Crippen molar-refractivity contribution >= 4 is 22.3 Å². The van der Waals surface area contributed by atoms with Gasteiger partial charge in [0.2, 0.25) is 5.13 Å². The van der Waals surface area contributed by atoms with Crippen LogP contribution in [0.25, 0.3) is 0 Å². The van der Waals surface area contributed by atoms with Crippen molar-refractivity contribution < 1.29 is 0 Å². The molecule has 0 amide bonds. The minimum Gasteiger partial charge on any atom is -0.315 e. The summed E-state index contributed by atoms with van der Waals surface area (Å²) in [6, 6.07) is 2.33. The highest BCUT2D eigenvalue weighted by Gasteiger charge is 2.28. The number of nitrogens with one attached hydrogen (secondary N) is 1. The Kier molecular flexibility index (Phi) is 4.41. The zero-order chi connectivity index (χ0) is 17.2. The summed E-state index contributed by atoms with van der Waals surface area (Å²) in [6.45, 7) is 3.89. The summed E-state index contributed by atoms with van der Waals surface area (Å²) in [5.41, 5.74) is 3.98. The fourth-order valence-electron chi connectivity index (χ4n) is 3.30. The van der Waals surface area contributed by atoms with Crippen LogP contribution >= 0.6 is 11.3 Å². The van der Waals surface area contributed by atoms with E-state index < -0.39 is 0 Å². The van der Waals surface area contributed by atoms with Gasteiger partial charge in [-0.2, -0.15) is 5.10 Å². The molecule has 0 bridgehead atoms. The van der Waals surface area contributed by atoms with E-state index in [0.29, 0.717) is 6.04 Å². The first-order chi connectivity index (χ1) is 12.2. The molecule has 0 saturated carbocycles. The Morgan fingerprint density at radius 1 is 1.36 bits per heavy atom. The van der Waals surface area contributed by atoms with E-state index in [-0.39, 0.29) is 0 Å². The maximum atomic E-state index is 4.70. The molecule has 8 nitrogen and oxygen atoms in total. The lowest BCUT2D eigenvalue weighted by Gasteiger charge is -2.24. The lowest BCUT2D eigenvalue weighted by atomic mass is 10.1. The molecule has 0 radical (unpaired) electrons. The highest BCUT2D eigenvalue weighted by atomic mass is 32.1. The molecule has 9 heteroatoms. The molecule has 25 heavy (non-hydrogen) atoms. The number of rotatable bonds is 5. The molecule has 0 aliphatic carbocycles. The molecule has 0 aromatic carbocycles. The second kappa shape index (κ2) is 6.85. The molecule has 1 aliphatic heterocycles. The molecule has 1 N–H and O–H groups in total. The maximum Gasteiger partial charge on any atom is 0.210 e. The molecule has 130 valence electrons. The Bertz CT molecular complexity index is 844. The van der Waals surface area contributed by atoms with Gasteiger partial charge in [0.15, 0.2) is 0 Å². The predicted molar refractivity (Wildman–Crippen MR) is 95.6 cm³/mol. The third kappa shape index (κ3) is 3.67. The molecule has 1 fully saturated rings. The van der Waals surface area contributed by atoms with E-state index >= 15 is 0 Å². The molecule has 4 rings (SSSR count). The van der Waals surface area contributed by atoms with Crippen LogP contribution in [0.15, 0.2) is 24.0 Å². The van der Waals surface area contributed by atoms with Crippen molar-refractivity contribution in [1.82, 2.24) is 34.8 Å². The van der Waals surface area contributed by atoms with Crippen molar-refractivity contribution in [3.63, 3.8) is 0 Å². The van der Waals surface area contributed by atoms with Gasteiger partial charge in [-0.1, -0.05) is 11.3 Å². The van der Waals surface area contributed by atoms with Gasteiger partial charge in [-0.05, 0) is 26.3 Å². The molecule has 1 unspecified atom stereocenters. The first-order valence-electron chi connectivity index (χ1n) is 8.28. The predicted octanol–water partition coefficient (Wildman–Crippen LogP) is 2.45. The first kappa shape index (κ1) is 16.1. The molecule has 1 saturated heterocycles. The van der Waals surface area contributed by atoms with E-state index in [1.165, 1.54) is 23.3 Å². The van der Waals surface area contributed by atoms with Gasteiger partial charge in [-0.25, -0.2) is 9.97 Å². The second-order valence-electron chi connectivity index (χ2n) is 6.24. The fraction of sp³-hybridized carbons (Fsp3) is 0.438. The van der Waals surface area contributed by atoms with Crippen LogP contribution in [0.3, 0.4) is 0 Å². The van der Waals surface area contributed by atoms with Crippen molar-refractivity contribution in [2.75, 3.05) is 11.9 Å². The SMILES string of the molecule is Cc1nc(Nc2nncs2)cc(C2CCCN2Cc2cnn(C)c2)n1. The quantitative estimate of drug-likeness (QED) is 0.751. The van der Waals surface area contributed by atoms with E-state index in [2.05, 4.69) is 36.7 Å². The third-order valence-electron chi connectivity index (χ3n) is 4.30. The normalized spacial score (nSPS) is 17.9. The summed E-state index contributed by atoms with van der Waals surface area (Å²) >= 11 is 1.45. The van der Waals surface area contributed by atoms with Crippen LogP contribution < -0.4 is 5.32 Å². The van der Waals surface area contributed by atoms with E-state index in [9.17, 15) is 0 Å². The number of hydrogen-bond donors (Lipinski definition) is 1. The number of aryl methyl sites for hydroxylation is 2. The number of anilines is 2. The van der Waals surface area contributed by atoms with Crippen molar-refractivity contribution in [2.45, 2.75) is 32.4 Å². The van der Waals surface area contributed by atoms with Gasteiger partial charge in [0.25, 0.3) is 0 Å². The summed E-state index contributed by atoms with van der Waals surface area (Å²) in [4.78, 5) is 11.6. The first-order valence-corrected chi connectivity index (χ1v) is 9.16. The van der Waals surface area contributed by atoms with Crippen molar-refractivity contribution in [2.24, 2.45) is 7.05 Å². The minimum atomic E-state index is 0.303. The molecule has 1 aliphatic rings. The Morgan fingerprint density at radius 2 is 2.28 bits per heavy atom. The van der Waals surface area contributed by atoms with Crippen LogP contribution in [0, 0.1) is 6.92 Å². The van der Waals surface area contributed by atoms with Crippen LogP contribution in [-0.4, -0.2) is 41.4 Å². The Labute approximate surface area is 149 Å². The summed E-state index contributed by atoms with van der Waals surface area (Å²) in [5.74, 6) is 1.53. The monoisotopic (exact) mass is 356 g/mol. The minimum absolute atomic E-state index is 0.303. The molecule has 0 spiro atoms. The smallest absolute Gasteiger partial charge is 0.210 e. The van der Waals surface area contributed by atoms with Crippen molar-refractivity contribution in [3.05, 3.63) is 41.1 Å². The van der Waals surface area contributed by atoms with E-state index in [0.717, 1.165) is 42.0 Å². The Balaban J connectivity index is 1.56. The van der Waals surface area contributed by atoms with Crippen LogP contribution in [0.4, 0.5) is 10.9 Å². The Hall–Kier alpha value is -2.39. The topological polar surface area (TPSA) is 84.7 Å². The largest absolute Gasteiger partial charge is 0.315 e. The number of likely N-dealkylation sites (tertiary alicyclic amines) is 1. The molecular formula is C16H20N8S. The van der Waals surface area contributed by atoms with Gasteiger partial charge in [0.05, 0.1) is 17.9 Å². The van der Waals surface area contributed by atoms with Gasteiger partial charge >= 0.3 is 0 Å². The molecule has 1 atom stereocenters. The number of aromatic nitrogens is 6. The van der Waals surface area contributed by atoms with E-state index in [1.807, 2.05) is 30.9 Å². The number of nitrogens with zero attached hydrogens (tertiary/aromatic N) is 7. The summed E-state index contributed by atoms with van der Waals surface area (Å²) < 4.78 is 1.85. The zero-order valence-corrected chi connectivity index (χ0v) is 15.1. The molecule has 3 aromatic heterocycles. The van der Waals surface area contributed by atoms with Gasteiger partial charge in [0.1, 0.15) is 17.2 Å². The highest BCUT2D eigenvalue weighted by Crippen LogP contribution is 2.33. The van der Waals surface area contributed by atoms with Crippen LogP contribution in [0.2, 0.25) is 0 Å². The summed E-state index contributed by atoms with van der Waals surface area (Å²) in [5, 5.41) is 16.1. The van der Waals surface area contributed by atoms with Gasteiger partial charge in [0, 0.05) is 31.4 Å². The lowest BCUT2D eigenvalue weighted by Crippen LogP contribution is -2.23. The van der Waals surface area contributed by atoms with Gasteiger partial charge in [-0.3, -0.25) is 9.58 Å². The van der Waals surface area contributed by atoms with Crippen LogP contribution in [0.1, 0.15) is 36.0 Å². The average Bonchev–Trinajstić information content (AvgIpc) is 3.30. The third-order valence-corrected chi connectivity index (χ3v) is 4.91. The lowest BCUT2D eigenvalue weighted by molar-refractivity contribution is 0.244. The summed E-state index contributed by atoms with van der Waals surface area (Å²) in [7, 11) is 1.95. The second-order valence-corrected chi connectivity index (χ2v) is 7.08. The van der Waals surface area contributed by atoms with Crippen LogP contribution in [-0.2, 0) is 13.6 Å². The number of hydrogen-bond acceptors (Lipinski definition) is 8. The molecule has 3 aromatic rings. The standard InChI is InChI=1S/C16H20N8S/c1-11-19-13(6-15(20-11)21-16-22-17-10-25-16)14-4-3-5-24(14)9-12-7-18-23(2)8-12/h6-8,10,14H,3-5,9H2,1-2H3,(H,19,20,21,22). The zero-order valence-electron chi connectivity index (χ0n) is 14.3. The van der Waals surface area contributed by atoms with Crippen LogP contribution in [0.5, 0.6) is 0 Å². The van der Waals surface area contributed by atoms with Crippen molar-refractivity contribution in [3.8, 4) is 0 Å². The van der Waals surface area contributed by atoms with Crippen molar-refractivity contribution in [1.29, 1.82) is 0 Å². The van der Waals surface area contributed by atoms with E-state index in [4.69, 9.17) is 4.98 Å². The molecular weight excluding hydrogens is 336 g/mol. The van der Waals surface area contributed by atoms with Gasteiger partial charge in [-0.15, -0.1) is 10.2 Å². The van der Waals surface area contributed by atoms with E-state index in [1.54, 1.807) is 5.51 Å². The Morgan fingerprint density at radius 3 is 3.04 bits per heavy atom. The van der Waals surface area contributed by atoms with Gasteiger partial charge < -0.3 is 5.32 Å². The molecule has 4 heterocycles. The highest BCUT2D eigenvalue weighted by molar-refractivity contribution is 7.13. The summed E-state index contributed by atoms with van der Waals surface area (Å²) in [6.07, 6.45) is 6.29. The maximum absolute atomic E-state index is 4.70. The average molecular weight is 356 g/mol.